The van der Waals surface area contributed by atoms with E-state index in [0.717, 1.165) is 31.6 Å². The van der Waals surface area contributed by atoms with Crippen LogP contribution in [0.3, 0.4) is 0 Å². The summed E-state index contributed by atoms with van der Waals surface area (Å²) < 4.78 is 5.09. The molecule has 0 unspecified atom stereocenters. The highest BCUT2D eigenvalue weighted by atomic mass is 35.5. The Hall–Kier alpha value is -1.75. The average Bonchev–Trinajstić information content (AvgIpc) is 2.52. The molecule has 0 heterocycles. The van der Waals surface area contributed by atoms with Crippen LogP contribution in [0.15, 0.2) is 18.2 Å². The van der Waals surface area contributed by atoms with E-state index in [0.29, 0.717) is 5.02 Å². The third kappa shape index (κ3) is 4.61. The standard InChI is InChI=1S/C17H23ClN2O3/c1-11-3-6-13(7-4-11)20(2)16(21)10-23-17(22)14-8-5-12(18)9-15(14)19/h5,8-9,11,13H,3-4,6-7,10,19H2,1-2H3. The molecule has 1 fully saturated rings. The number of esters is 1. The number of amides is 1. The molecular weight excluding hydrogens is 316 g/mol. The van der Waals surface area contributed by atoms with Gasteiger partial charge in [0.1, 0.15) is 0 Å². The number of likely N-dealkylation sites (N-methyl/N-ethyl adjacent to an activating group) is 1. The molecule has 0 aromatic heterocycles. The fourth-order valence-corrected chi connectivity index (χ4v) is 3.04. The van der Waals surface area contributed by atoms with Gasteiger partial charge >= 0.3 is 5.97 Å². The first kappa shape index (κ1) is 17.6. The van der Waals surface area contributed by atoms with Gasteiger partial charge in [-0.25, -0.2) is 4.79 Å². The molecule has 2 N–H and O–H groups in total. The molecule has 1 amide bonds. The third-order valence-electron chi connectivity index (χ3n) is 4.49. The van der Waals surface area contributed by atoms with Gasteiger partial charge in [-0.3, -0.25) is 4.79 Å². The maximum Gasteiger partial charge on any atom is 0.340 e. The fourth-order valence-electron chi connectivity index (χ4n) is 2.86. The first-order valence-electron chi connectivity index (χ1n) is 7.86. The van der Waals surface area contributed by atoms with Crippen molar-refractivity contribution in [1.29, 1.82) is 0 Å². The highest BCUT2D eigenvalue weighted by Gasteiger charge is 2.25. The van der Waals surface area contributed by atoms with Crippen molar-refractivity contribution in [2.24, 2.45) is 5.92 Å². The lowest BCUT2D eigenvalue weighted by Gasteiger charge is -2.33. The highest BCUT2D eigenvalue weighted by molar-refractivity contribution is 6.31. The number of rotatable bonds is 4. The molecule has 0 radical (unpaired) electrons. The van der Waals surface area contributed by atoms with Crippen LogP contribution in [0.5, 0.6) is 0 Å². The molecule has 0 aliphatic heterocycles. The van der Waals surface area contributed by atoms with Crippen LogP contribution in [-0.4, -0.2) is 36.5 Å². The van der Waals surface area contributed by atoms with Crippen molar-refractivity contribution < 1.29 is 14.3 Å². The maximum absolute atomic E-state index is 12.2. The average molecular weight is 339 g/mol. The topological polar surface area (TPSA) is 72.6 Å². The quantitative estimate of drug-likeness (QED) is 0.676. The minimum Gasteiger partial charge on any atom is -0.452 e. The molecule has 1 aromatic carbocycles. The number of halogens is 1. The minimum atomic E-state index is -0.613. The van der Waals surface area contributed by atoms with E-state index < -0.39 is 5.97 Å². The van der Waals surface area contributed by atoms with Gasteiger partial charge in [-0.05, 0) is 49.8 Å². The van der Waals surface area contributed by atoms with Gasteiger partial charge in [0.05, 0.1) is 5.56 Å². The van der Waals surface area contributed by atoms with Crippen LogP contribution in [0, 0.1) is 5.92 Å². The maximum atomic E-state index is 12.2. The highest BCUT2D eigenvalue weighted by Crippen LogP contribution is 2.26. The third-order valence-corrected chi connectivity index (χ3v) is 4.72. The van der Waals surface area contributed by atoms with E-state index in [1.807, 2.05) is 0 Å². The van der Waals surface area contributed by atoms with Gasteiger partial charge in [-0.1, -0.05) is 18.5 Å². The van der Waals surface area contributed by atoms with Gasteiger partial charge in [0.2, 0.25) is 0 Å². The zero-order valence-corrected chi connectivity index (χ0v) is 14.3. The SMILES string of the molecule is CC1CCC(N(C)C(=O)COC(=O)c2ccc(Cl)cc2N)CC1. The first-order chi connectivity index (χ1) is 10.9. The lowest BCUT2D eigenvalue weighted by Crippen LogP contribution is -2.41. The second kappa shape index (κ2) is 7.68. The molecule has 1 aromatic rings. The molecule has 5 nitrogen and oxygen atoms in total. The molecule has 1 saturated carbocycles. The van der Waals surface area contributed by atoms with E-state index in [2.05, 4.69) is 6.92 Å². The van der Waals surface area contributed by atoms with Gasteiger partial charge in [0.25, 0.3) is 5.91 Å². The van der Waals surface area contributed by atoms with Crippen LogP contribution in [-0.2, 0) is 9.53 Å². The number of hydrogen-bond donors (Lipinski definition) is 1. The number of nitrogens with zero attached hydrogens (tertiary/aromatic N) is 1. The second-order valence-corrected chi connectivity index (χ2v) is 6.66. The van der Waals surface area contributed by atoms with Crippen molar-refractivity contribution in [1.82, 2.24) is 4.90 Å². The van der Waals surface area contributed by atoms with Gasteiger partial charge in [0, 0.05) is 23.8 Å². The Balaban J connectivity index is 1.87. The molecule has 1 aliphatic carbocycles. The Morgan fingerprint density at radius 1 is 1.30 bits per heavy atom. The summed E-state index contributed by atoms with van der Waals surface area (Å²) in [4.78, 5) is 25.9. The van der Waals surface area contributed by atoms with Crippen molar-refractivity contribution in [3.63, 3.8) is 0 Å². The van der Waals surface area contributed by atoms with Crippen molar-refractivity contribution >= 4 is 29.2 Å². The smallest absolute Gasteiger partial charge is 0.340 e. The molecule has 0 bridgehead atoms. The molecule has 0 spiro atoms. The summed E-state index contributed by atoms with van der Waals surface area (Å²) in [5.41, 5.74) is 6.20. The lowest BCUT2D eigenvalue weighted by atomic mass is 9.87. The Bertz CT molecular complexity index is 583. The summed E-state index contributed by atoms with van der Waals surface area (Å²) in [6.07, 6.45) is 4.26. The Morgan fingerprint density at radius 2 is 1.96 bits per heavy atom. The van der Waals surface area contributed by atoms with Crippen molar-refractivity contribution in [3.05, 3.63) is 28.8 Å². The molecule has 0 atom stereocenters. The number of anilines is 1. The van der Waals surface area contributed by atoms with Gasteiger partial charge < -0.3 is 15.4 Å². The zero-order chi connectivity index (χ0) is 17.0. The van der Waals surface area contributed by atoms with E-state index in [1.54, 1.807) is 18.0 Å². The predicted octanol–water partition coefficient (Wildman–Crippen LogP) is 3.12. The number of carbonyl (C=O) groups is 2. The number of nitrogen functional groups attached to an aromatic ring is 1. The zero-order valence-electron chi connectivity index (χ0n) is 13.5. The molecular formula is C17H23ClN2O3. The Morgan fingerprint density at radius 3 is 2.57 bits per heavy atom. The van der Waals surface area contributed by atoms with E-state index in [4.69, 9.17) is 22.1 Å². The van der Waals surface area contributed by atoms with E-state index in [-0.39, 0.29) is 29.8 Å². The van der Waals surface area contributed by atoms with Gasteiger partial charge in [-0.15, -0.1) is 0 Å². The van der Waals surface area contributed by atoms with Crippen molar-refractivity contribution in [2.75, 3.05) is 19.4 Å². The molecule has 6 heteroatoms. The van der Waals surface area contributed by atoms with Crippen LogP contribution in [0.1, 0.15) is 43.0 Å². The minimum absolute atomic E-state index is 0.189. The second-order valence-electron chi connectivity index (χ2n) is 6.23. The molecule has 2 rings (SSSR count). The Kier molecular flexibility index (Phi) is 5.88. The molecule has 126 valence electrons. The monoisotopic (exact) mass is 338 g/mol. The normalized spacial score (nSPS) is 20.8. The van der Waals surface area contributed by atoms with Gasteiger partial charge in [-0.2, -0.15) is 0 Å². The molecule has 1 aliphatic rings. The number of nitrogens with two attached hydrogens (primary N) is 1. The molecule has 23 heavy (non-hydrogen) atoms. The summed E-state index contributed by atoms with van der Waals surface area (Å²) in [7, 11) is 1.77. The number of carbonyl (C=O) groups excluding carboxylic acids is 2. The van der Waals surface area contributed by atoms with Gasteiger partial charge in [0.15, 0.2) is 6.61 Å². The molecule has 0 saturated heterocycles. The lowest BCUT2D eigenvalue weighted by molar-refractivity contribution is -0.136. The number of ether oxygens (including phenoxy) is 1. The van der Waals surface area contributed by atoms with Crippen molar-refractivity contribution in [2.45, 2.75) is 38.6 Å². The van der Waals surface area contributed by atoms with E-state index >= 15 is 0 Å². The van der Waals surface area contributed by atoms with Crippen LogP contribution in [0.4, 0.5) is 5.69 Å². The fraction of sp³-hybridized carbons (Fsp3) is 0.529. The summed E-state index contributed by atoms with van der Waals surface area (Å²) in [6, 6.07) is 4.77. The van der Waals surface area contributed by atoms with Crippen LogP contribution >= 0.6 is 11.6 Å². The first-order valence-corrected chi connectivity index (χ1v) is 8.24. The van der Waals surface area contributed by atoms with Crippen LogP contribution in [0.2, 0.25) is 5.02 Å². The van der Waals surface area contributed by atoms with E-state index in [9.17, 15) is 9.59 Å². The Labute approximate surface area is 141 Å². The van der Waals surface area contributed by atoms with E-state index in [1.165, 1.54) is 12.1 Å². The predicted molar refractivity (Wildman–Crippen MR) is 90.3 cm³/mol. The summed E-state index contributed by atoms with van der Waals surface area (Å²) in [5.74, 6) is -0.0796. The summed E-state index contributed by atoms with van der Waals surface area (Å²) in [6.45, 7) is 1.96. The number of benzene rings is 1. The van der Waals surface area contributed by atoms with Crippen molar-refractivity contribution in [3.8, 4) is 0 Å². The number of hydrogen-bond acceptors (Lipinski definition) is 4. The van der Waals surface area contributed by atoms with Crippen LogP contribution in [0.25, 0.3) is 0 Å². The summed E-state index contributed by atoms with van der Waals surface area (Å²) >= 11 is 5.79. The largest absolute Gasteiger partial charge is 0.452 e. The van der Waals surface area contributed by atoms with Crippen LogP contribution < -0.4 is 5.73 Å². The summed E-state index contributed by atoms with van der Waals surface area (Å²) in [5, 5.41) is 0.446.